The van der Waals surface area contributed by atoms with Gasteiger partial charge in [-0.1, -0.05) is 23.2 Å². The monoisotopic (exact) mass is 418 g/mol. The van der Waals surface area contributed by atoms with Gasteiger partial charge in [-0.3, -0.25) is 4.79 Å². The highest BCUT2D eigenvalue weighted by Crippen LogP contribution is 2.25. The maximum atomic E-state index is 12.4. The molecule has 1 aliphatic heterocycles. The Kier molecular flexibility index (Phi) is 5.54. The molecule has 0 unspecified atom stereocenters. The van der Waals surface area contributed by atoms with Gasteiger partial charge < -0.3 is 20.5 Å². The fourth-order valence-electron chi connectivity index (χ4n) is 3.51. The number of aromatic amines is 1. The van der Waals surface area contributed by atoms with Crippen molar-refractivity contribution in [2.45, 2.75) is 18.9 Å². The zero-order chi connectivity index (χ0) is 19.5. The number of hydrogen-bond acceptors (Lipinski definition) is 5. The van der Waals surface area contributed by atoms with Crippen LogP contribution in [0.2, 0.25) is 10.0 Å². The van der Waals surface area contributed by atoms with Crippen molar-refractivity contribution in [1.29, 1.82) is 0 Å². The van der Waals surface area contributed by atoms with Crippen LogP contribution in [0.25, 0.3) is 11.0 Å². The number of piperidine rings is 1. The van der Waals surface area contributed by atoms with E-state index in [1.807, 2.05) is 12.3 Å². The Bertz CT molecular complexity index is 971. The van der Waals surface area contributed by atoms with Gasteiger partial charge in [0.05, 0.1) is 11.9 Å². The van der Waals surface area contributed by atoms with E-state index in [9.17, 15) is 4.79 Å². The summed E-state index contributed by atoms with van der Waals surface area (Å²) >= 11 is 12.0. The van der Waals surface area contributed by atoms with Crippen LogP contribution in [0.3, 0.4) is 0 Å². The minimum absolute atomic E-state index is 0.0648. The molecule has 1 aromatic carbocycles. The molecule has 1 atom stereocenters. The van der Waals surface area contributed by atoms with Gasteiger partial charge in [-0.15, -0.1) is 0 Å². The molecule has 28 heavy (non-hydrogen) atoms. The summed E-state index contributed by atoms with van der Waals surface area (Å²) in [6, 6.07) is 7.17. The molecule has 3 aromatic rings. The first-order chi connectivity index (χ1) is 13.6. The van der Waals surface area contributed by atoms with Crippen molar-refractivity contribution in [1.82, 2.24) is 20.3 Å². The van der Waals surface area contributed by atoms with Crippen LogP contribution >= 0.6 is 23.2 Å². The van der Waals surface area contributed by atoms with Crippen LogP contribution in [-0.2, 0) is 4.79 Å². The van der Waals surface area contributed by atoms with Gasteiger partial charge in [0.25, 0.3) is 0 Å². The quantitative estimate of drug-likeness (QED) is 0.590. The summed E-state index contributed by atoms with van der Waals surface area (Å²) in [4.78, 5) is 26.4. The number of benzene rings is 1. The van der Waals surface area contributed by atoms with Gasteiger partial charge in [-0.05, 0) is 37.1 Å². The van der Waals surface area contributed by atoms with Crippen LogP contribution in [0.4, 0.5) is 11.5 Å². The number of halogens is 2. The highest BCUT2D eigenvalue weighted by molar-refractivity contribution is 6.35. The Balaban J connectivity index is 1.36. The molecular weight excluding hydrogens is 399 g/mol. The lowest BCUT2D eigenvalue weighted by Gasteiger charge is -2.34. The minimum Gasteiger partial charge on any atom is -0.376 e. The predicted molar refractivity (Wildman–Crippen MR) is 112 cm³/mol. The first kappa shape index (κ1) is 18.8. The third-order valence-electron chi connectivity index (χ3n) is 4.73. The van der Waals surface area contributed by atoms with Crippen LogP contribution in [0.1, 0.15) is 12.8 Å². The van der Waals surface area contributed by atoms with Gasteiger partial charge in [0.15, 0.2) is 0 Å². The highest BCUT2D eigenvalue weighted by Gasteiger charge is 2.23. The molecule has 7 nitrogen and oxygen atoms in total. The Morgan fingerprint density at radius 2 is 2.07 bits per heavy atom. The summed E-state index contributed by atoms with van der Waals surface area (Å²) in [6.45, 7) is 1.78. The van der Waals surface area contributed by atoms with Crippen molar-refractivity contribution in [3.8, 4) is 0 Å². The first-order valence-electron chi connectivity index (χ1n) is 9.11. The SMILES string of the molecule is O=C(CNc1cc(Cl)cc(Cl)c1)N[C@H]1CCCN(c2ncnc3[nH]ccc23)C1. The zero-order valence-corrected chi connectivity index (χ0v) is 16.6. The topological polar surface area (TPSA) is 85.9 Å². The summed E-state index contributed by atoms with van der Waals surface area (Å²) in [5.74, 6) is 0.828. The minimum atomic E-state index is -0.0718. The maximum absolute atomic E-state index is 12.4. The second-order valence-electron chi connectivity index (χ2n) is 6.80. The van der Waals surface area contributed by atoms with Gasteiger partial charge >= 0.3 is 0 Å². The summed E-state index contributed by atoms with van der Waals surface area (Å²) in [5.41, 5.74) is 1.54. The average Bonchev–Trinajstić information content (AvgIpc) is 3.15. The number of H-pyrrole nitrogens is 1. The third-order valence-corrected chi connectivity index (χ3v) is 5.17. The van der Waals surface area contributed by atoms with Gasteiger partial charge in [0.1, 0.15) is 17.8 Å². The van der Waals surface area contributed by atoms with E-state index < -0.39 is 0 Å². The highest BCUT2D eigenvalue weighted by atomic mass is 35.5. The smallest absolute Gasteiger partial charge is 0.239 e. The van der Waals surface area contributed by atoms with Crippen LogP contribution in [0.5, 0.6) is 0 Å². The lowest BCUT2D eigenvalue weighted by atomic mass is 10.1. The second kappa shape index (κ2) is 8.24. The van der Waals surface area contributed by atoms with Crippen molar-refractivity contribution < 1.29 is 4.79 Å². The average molecular weight is 419 g/mol. The van der Waals surface area contributed by atoms with Crippen molar-refractivity contribution in [2.75, 3.05) is 29.9 Å². The van der Waals surface area contributed by atoms with Gasteiger partial charge in [0.2, 0.25) is 5.91 Å². The summed E-state index contributed by atoms with van der Waals surface area (Å²) in [6.07, 6.45) is 5.35. The van der Waals surface area contributed by atoms with E-state index >= 15 is 0 Å². The van der Waals surface area contributed by atoms with Crippen molar-refractivity contribution in [2.24, 2.45) is 0 Å². The number of nitrogens with one attached hydrogen (secondary N) is 3. The summed E-state index contributed by atoms with van der Waals surface area (Å²) < 4.78 is 0. The van der Waals surface area contributed by atoms with Gasteiger partial charge in [-0.2, -0.15) is 0 Å². The molecule has 9 heteroatoms. The number of nitrogens with zero attached hydrogens (tertiary/aromatic N) is 3. The number of carbonyl (C=O) groups is 1. The molecular formula is C19H20Cl2N6O. The Morgan fingerprint density at radius 1 is 1.25 bits per heavy atom. The van der Waals surface area contributed by atoms with Crippen molar-refractivity contribution >= 4 is 51.6 Å². The van der Waals surface area contributed by atoms with Crippen molar-refractivity contribution in [3.05, 3.63) is 46.8 Å². The predicted octanol–water partition coefficient (Wildman–Crippen LogP) is 3.46. The number of carbonyl (C=O) groups excluding carboxylic acids is 1. The fraction of sp³-hybridized carbons (Fsp3) is 0.316. The van der Waals surface area contributed by atoms with Gasteiger partial charge in [-0.25, -0.2) is 9.97 Å². The molecule has 146 valence electrons. The Morgan fingerprint density at radius 3 is 2.89 bits per heavy atom. The number of hydrogen-bond donors (Lipinski definition) is 3. The molecule has 1 saturated heterocycles. The van der Waals surface area contributed by atoms with E-state index in [-0.39, 0.29) is 18.5 Å². The van der Waals surface area contributed by atoms with Gasteiger partial charge in [0, 0.05) is 41.1 Å². The molecule has 0 bridgehead atoms. The third kappa shape index (κ3) is 4.31. The van der Waals surface area contributed by atoms with Crippen LogP contribution < -0.4 is 15.5 Å². The molecule has 2 aromatic heterocycles. The Hall–Kier alpha value is -2.51. The molecule has 3 N–H and O–H groups in total. The molecule has 0 aliphatic carbocycles. The largest absolute Gasteiger partial charge is 0.376 e. The van der Waals surface area contributed by atoms with Crippen LogP contribution in [0, 0.1) is 0 Å². The summed E-state index contributed by atoms with van der Waals surface area (Å²) in [7, 11) is 0. The molecule has 0 saturated carbocycles. The lowest BCUT2D eigenvalue weighted by Crippen LogP contribution is -2.49. The van der Waals surface area contributed by atoms with E-state index in [0.29, 0.717) is 22.3 Å². The lowest BCUT2D eigenvalue weighted by molar-refractivity contribution is -0.120. The number of anilines is 2. The van der Waals surface area contributed by atoms with E-state index in [4.69, 9.17) is 23.2 Å². The van der Waals surface area contributed by atoms with Crippen LogP contribution in [-0.4, -0.2) is 46.5 Å². The maximum Gasteiger partial charge on any atom is 0.239 e. The molecule has 1 amide bonds. The van der Waals surface area contributed by atoms with Crippen LogP contribution in [0.15, 0.2) is 36.8 Å². The second-order valence-corrected chi connectivity index (χ2v) is 7.67. The summed E-state index contributed by atoms with van der Waals surface area (Å²) in [5, 5.41) is 8.21. The van der Waals surface area contributed by atoms with Crippen molar-refractivity contribution in [3.63, 3.8) is 0 Å². The van der Waals surface area contributed by atoms with E-state index in [2.05, 4.69) is 30.5 Å². The zero-order valence-electron chi connectivity index (χ0n) is 15.1. The van der Waals surface area contributed by atoms with E-state index in [1.54, 1.807) is 24.5 Å². The number of rotatable bonds is 5. The Labute approximate surface area is 172 Å². The molecule has 3 heterocycles. The molecule has 1 aliphatic rings. The number of fused-ring (bicyclic) bond motifs is 1. The fourth-order valence-corrected chi connectivity index (χ4v) is 4.04. The van der Waals surface area contributed by atoms with E-state index in [1.165, 1.54) is 0 Å². The molecule has 0 radical (unpaired) electrons. The standard InChI is InChI=1S/C19H20Cl2N6O/c20-12-6-13(21)8-15(7-12)23-9-17(28)26-14-2-1-5-27(10-14)19-16-3-4-22-18(16)24-11-25-19/h3-4,6-8,11,14,23H,1-2,5,9-10H2,(H,26,28)(H,22,24,25)/t14-/m0/s1. The number of amides is 1. The molecule has 4 rings (SSSR count). The molecule has 0 spiro atoms. The number of aromatic nitrogens is 3. The molecule has 1 fully saturated rings. The first-order valence-corrected chi connectivity index (χ1v) is 9.86. The normalized spacial score (nSPS) is 16.9. The van der Waals surface area contributed by atoms with E-state index in [0.717, 1.165) is 36.2 Å².